The molecule has 1 saturated carbocycles. The van der Waals surface area contributed by atoms with Gasteiger partial charge in [0.05, 0.1) is 0 Å². The first-order valence-corrected chi connectivity index (χ1v) is 9.64. The lowest BCUT2D eigenvalue weighted by Crippen LogP contribution is -2.60. The van der Waals surface area contributed by atoms with Crippen LogP contribution in [-0.2, 0) is 0 Å². The van der Waals surface area contributed by atoms with Crippen molar-refractivity contribution in [2.45, 2.75) is 93.0 Å². The van der Waals surface area contributed by atoms with Crippen LogP contribution in [0.2, 0.25) is 0 Å². The molecule has 0 radical (unpaired) electrons. The molecular weight excluding hydrogens is 266 g/mol. The molecule has 0 spiro atoms. The van der Waals surface area contributed by atoms with Crippen molar-refractivity contribution < 1.29 is 0 Å². The maximum atomic E-state index is 2.74. The maximum Gasteiger partial charge on any atom is 0.0153 e. The maximum absolute atomic E-state index is 2.74. The third kappa shape index (κ3) is 4.28. The molecule has 1 aliphatic heterocycles. The van der Waals surface area contributed by atoms with Crippen molar-refractivity contribution in [2.75, 3.05) is 13.1 Å². The van der Waals surface area contributed by atoms with E-state index >= 15 is 0 Å². The van der Waals surface area contributed by atoms with Crippen LogP contribution >= 0.6 is 0 Å². The summed E-state index contributed by atoms with van der Waals surface area (Å²) in [7, 11) is 0. The van der Waals surface area contributed by atoms with Gasteiger partial charge >= 0.3 is 0 Å². The standard InChI is InChI=1S/C21H41N/c1-19(2,3)17-10-9-16(13-17)11-12-21(7,8)22-14-18(15-22)20(4,5)6/h16-18H,9-15H2,1-8H3. The highest BCUT2D eigenvalue weighted by atomic mass is 15.2. The van der Waals surface area contributed by atoms with Crippen molar-refractivity contribution in [1.82, 2.24) is 4.90 Å². The lowest BCUT2D eigenvalue weighted by atomic mass is 9.73. The van der Waals surface area contributed by atoms with Crippen molar-refractivity contribution in [3.8, 4) is 0 Å². The van der Waals surface area contributed by atoms with Crippen LogP contribution in [0.4, 0.5) is 0 Å². The fourth-order valence-corrected chi connectivity index (χ4v) is 4.36. The van der Waals surface area contributed by atoms with Gasteiger partial charge in [0.15, 0.2) is 0 Å². The van der Waals surface area contributed by atoms with E-state index in [9.17, 15) is 0 Å². The molecule has 1 nitrogen and oxygen atoms in total. The van der Waals surface area contributed by atoms with Crippen LogP contribution in [0.15, 0.2) is 0 Å². The molecule has 0 N–H and O–H groups in total. The highest BCUT2D eigenvalue weighted by Gasteiger charge is 2.42. The fourth-order valence-electron chi connectivity index (χ4n) is 4.36. The summed E-state index contributed by atoms with van der Waals surface area (Å²) < 4.78 is 0. The summed E-state index contributed by atoms with van der Waals surface area (Å²) in [5.74, 6) is 2.83. The second-order valence-electron chi connectivity index (χ2n) is 11.1. The monoisotopic (exact) mass is 307 g/mol. The average Bonchev–Trinajstić information content (AvgIpc) is 2.69. The molecule has 2 aliphatic rings. The quantitative estimate of drug-likeness (QED) is 0.617. The number of hydrogen-bond acceptors (Lipinski definition) is 1. The molecule has 2 rings (SSSR count). The van der Waals surface area contributed by atoms with Gasteiger partial charge in [-0.25, -0.2) is 0 Å². The Bertz CT molecular complexity index is 362. The van der Waals surface area contributed by atoms with E-state index in [-0.39, 0.29) is 0 Å². The van der Waals surface area contributed by atoms with E-state index in [0.29, 0.717) is 16.4 Å². The Kier molecular flexibility index (Phi) is 5.09. The highest BCUT2D eigenvalue weighted by Crippen LogP contribution is 2.45. The van der Waals surface area contributed by atoms with Crippen LogP contribution in [0.5, 0.6) is 0 Å². The summed E-state index contributed by atoms with van der Waals surface area (Å²) in [5, 5.41) is 0. The molecule has 0 bridgehead atoms. The number of rotatable bonds is 4. The summed E-state index contributed by atoms with van der Waals surface area (Å²) in [6, 6.07) is 0. The fraction of sp³-hybridized carbons (Fsp3) is 1.00. The Hall–Kier alpha value is -0.0400. The Morgan fingerprint density at radius 2 is 1.32 bits per heavy atom. The van der Waals surface area contributed by atoms with Crippen LogP contribution in [0, 0.1) is 28.6 Å². The lowest BCUT2D eigenvalue weighted by molar-refractivity contribution is -0.0471. The highest BCUT2D eigenvalue weighted by molar-refractivity contribution is 4.96. The van der Waals surface area contributed by atoms with E-state index in [0.717, 1.165) is 17.8 Å². The smallest absolute Gasteiger partial charge is 0.0153 e. The first kappa shape index (κ1) is 18.3. The molecule has 2 fully saturated rings. The van der Waals surface area contributed by atoms with E-state index in [1.54, 1.807) is 0 Å². The Morgan fingerprint density at radius 3 is 1.77 bits per heavy atom. The van der Waals surface area contributed by atoms with E-state index in [1.807, 2.05) is 0 Å². The lowest BCUT2D eigenvalue weighted by Gasteiger charge is -2.53. The van der Waals surface area contributed by atoms with Gasteiger partial charge in [0.25, 0.3) is 0 Å². The topological polar surface area (TPSA) is 3.24 Å². The second-order valence-corrected chi connectivity index (χ2v) is 11.1. The van der Waals surface area contributed by atoms with E-state index < -0.39 is 0 Å². The van der Waals surface area contributed by atoms with Crippen molar-refractivity contribution in [2.24, 2.45) is 28.6 Å². The zero-order chi connectivity index (χ0) is 16.8. The van der Waals surface area contributed by atoms with Crippen LogP contribution in [0.3, 0.4) is 0 Å². The van der Waals surface area contributed by atoms with Crippen molar-refractivity contribution >= 4 is 0 Å². The minimum Gasteiger partial charge on any atom is -0.298 e. The number of likely N-dealkylation sites (tertiary alicyclic amines) is 1. The molecular formula is C21H41N. The predicted molar refractivity (Wildman–Crippen MR) is 98.1 cm³/mol. The van der Waals surface area contributed by atoms with Crippen molar-refractivity contribution in [3.05, 3.63) is 0 Å². The summed E-state index contributed by atoms with van der Waals surface area (Å²) >= 11 is 0. The third-order valence-corrected chi connectivity index (χ3v) is 6.89. The predicted octanol–water partition coefficient (Wildman–Crippen LogP) is 5.99. The molecule has 1 heterocycles. The van der Waals surface area contributed by atoms with E-state index in [4.69, 9.17) is 0 Å². The summed E-state index contributed by atoms with van der Waals surface area (Å²) in [5.41, 5.74) is 1.40. The Labute approximate surface area is 140 Å². The van der Waals surface area contributed by atoms with Gasteiger partial charge in [-0.3, -0.25) is 4.90 Å². The van der Waals surface area contributed by atoms with Crippen molar-refractivity contribution in [1.29, 1.82) is 0 Å². The van der Waals surface area contributed by atoms with Crippen LogP contribution in [0.1, 0.15) is 87.5 Å². The molecule has 0 aromatic carbocycles. The zero-order valence-electron chi connectivity index (χ0n) is 16.6. The molecule has 130 valence electrons. The SMILES string of the molecule is CC(C)(C)C1CCC(CCC(C)(C)N2CC(C(C)(C)C)C2)C1. The summed E-state index contributed by atoms with van der Waals surface area (Å²) in [6.07, 6.45) is 7.24. The first-order valence-electron chi connectivity index (χ1n) is 9.64. The molecule has 1 aliphatic carbocycles. The summed E-state index contributed by atoms with van der Waals surface area (Å²) in [4.78, 5) is 2.74. The summed E-state index contributed by atoms with van der Waals surface area (Å²) in [6.45, 7) is 22.0. The Morgan fingerprint density at radius 1 is 0.773 bits per heavy atom. The van der Waals surface area contributed by atoms with Gasteiger partial charge in [0.2, 0.25) is 0 Å². The first-order chi connectivity index (χ1) is 9.89. The molecule has 0 amide bonds. The molecule has 22 heavy (non-hydrogen) atoms. The number of hydrogen-bond donors (Lipinski definition) is 0. The average molecular weight is 308 g/mol. The third-order valence-electron chi connectivity index (χ3n) is 6.89. The van der Waals surface area contributed by atoms with E-state index in [1.165, 1.54) is 45.2 Å². The molecule has 1 saturated heterocycles. The zero-order valence-corrected chi connectivity index (χ0v) is 16.6. The molecule has 1 heteroatoms. The van der Waals surface area contributed by atoms with Gasteiger partial charge < -0.3 is 0 Å². The van der Waals surface area contributed by atoms with Gasteiger partial charge in [-0.2, -0.15) is 0 Å². The normalized spacial score (nSPS) is 28.9. The largest absolute Gasteiger partial charge is 0.298 e. The van der Waals surface area contributed by atoms with Gasteiger partial charge in [0.1, 0.15) is 0 Å². The molecule has 0 aromatic heterocycles. The minimum atomic E-state index is 0.404. The number of nitrogens with zero attached hydrogens (tertiary/aromatic N) is 1. The Balaban J connectivity index is 1.75. The van der Waals surface area contributed by atoms with Gasteiger partial charge in [-0.1, -0.05) is 48.0 Å². The van der Waals surface area contributed by atoms with Crippen LogP contribution in [0.25, 0.3) is 0 Å². The van der Waals surface area contributed by atoms with Gasteiger partial charge in [-0.15, -0.1) is 0 Å². The molecule has 2 unspecified atom stereocenters. The molecule has 0 aromatic rings. The van der Waals surface area contributed by atoms with Crippen molar-refractivity contribution in [3.63, 3.8) is 0 Å². The minimum absolute atomic E-state index is 0.404. The van der Waals surface area contributed by atoms with E-state index in [2.05, 4.69) is 60.3 Å². The molecule has 2 atom stereocenters. The van der Waals surface area contributed by atoms with Gasteiger partial charge in [0, 0.05) is 18.6 Å². The van der Waals surface area contributed by atoms with Crippen LogP contribution < -0.4 is 0 Å². The van der Waals surface area contributed by atoms with Gasteiger partial charge in [-0.05, 0) is 68.1 Å². The van der Waals surface area contributed by atoms with Crippen LogP contribution in [-0.4, -0.2) is 23.5 Å². The second kappa shape index (κ2) is 6.11.